The Bertz CT molecular complexity index is 187. The third kappa shape index (κ3) is 66.0. The van der Waals surface area contributed by atoms with E-state index in [0.717, 1.165) is 0 Å². The van der Waals surface area contributed by atoms with Crippen molar-refractivity contribution in [2.45, 2.75) is 6.42 Å². The summed E-state index contributed by atoms with van der Waals surface area (Å²) in [5, 5.41) is 15.4. The molecule has 0 saturated carbocycles. The first-order valence-corrected chi connectivity index (χ1v) is 3.91. The van der Waals surface area contributed by atoms with Crippen molar-refractivity contribution in [2.24, 2.45) is 0 Å². The van der Waals surface area contributed by atoms with Gasteiger partial charge in [-0.1, -0.05) is 0 Å². The Morgan fingerprint density at radius 2 is 1.15 bits per heavy atom. The van der Waals surface area contributed by atoms with Crippen LogP contribution < -0.4 is 0 Å². The summed E-state index contributed by atoms with van der Waals surface area (Å²) in [6.45, 7) is 0. The number of aliphatic carboxylic acids is 2. The van der Waals surface area contributed by atoms with Crippen LogP contribution in [-0.2, 0) is 14.2 Å². The normalized spacial score (nSPS) is 8.85. The Hall–Kier alpha value is 0.686. The van der Waals surface area contributed by atoms with E-state index >= 15 is 0 Å². The second kappa shape index (κ2) is 9.25. The standard InChI is InChI=1S/C3H4O4.K.H3O4P.H/c4-2(5)1-3(6)7;;1-5(2,3)4;/h1H2,(H,4,5)(H,6,7);;(H3,1,2,3,4);. The van der Waals surface area contributed by atoms with Gasteiger partial charge in [-0.3, -0.25) is 9.59 Å². The Kier molecular flexibility index (Phi) is 13.7. The van der Waals surface area contributed by atoms with Crippen molar-refractivity contribution in [1.29, 1.82) is 0 Å². The molecule has 0 aromatic rings. The number of carboxylic acid groups (broad SMARTS) is 2. The van der Waals surface area contributed by atoms with Crippen LogP contribution in [0.2, 0.25) is 0 Å². The molecular formula is C3H8KO8P. The number of hydrogen-bond donors (Lipinski definition) is 5. The predicted molar refractivity (Wildman–Crippen MR) is 41.3 cm³/mol. The molecule has 0 bridgehead atoms. The summed E-state index contributed by atoms with van der Waals surface area (Å²) >= 11 is 0. The molecule has 0 aromatic carbocycles. The van der Waals surface area contributed by atoms with E-state index in [1.165, 1.54) is 0 Å². The van der Waals surface area contributed by atoms with Crippen molar-refractivity contribution in [2.75, 3.05) is 0 Å². The fraction of sp³-hybridized carbons (Fsp3) is 0.333. The first-order valence-electron chi connectivity index (χ1n) is 2.35. The van der Waals surface area contributed by atoms with Crippen molar-refractivity contribution in [1.82, 2.24) is 0 Å². The Morgan fingerprint density at radius 3 is 1.15 bits per heavy atom. The van der Waals surface area contributed by atoms with Crippen molar-refractivity contribution >= 4 is 71.1 Å². The van der Waals surface area contributed by atoms with Crippen LogP contribution in [-0.4, -0.2) is 88.2 Å². The van der Waals surface area contributed by atoms with Crippen molar-refractivity contribution in [3.63, 3.8) is 0 Å². The summed E-state index contributed by atoms with van der Waals surface area (Å²) in [5.41, 5.74) is 0. The maximum atomic E-state index is 9.43. The average Bonchev–Trinajstić information content (AvgIpc) is 1.52. The minimum atomic E-state index is -4.64. The van der Waals surface area contributed by atoms with Gasteiger partial charge >= 0.3 is 71.1 Å². The summed E-state index contributed by atoms with van der Waals surface area (Å²) in [7, 11) is -4.64. The molecular weight excluding hydrogens is 234 g/mol. The molecule has 0 heterocycles. The molecule has 0 saturated heterocycles. The SMILES string of the molecule is O=C(O)CC(=O)O.O=P(O)(O)O.[KH]. The van der Waals surface area contributed by atoms with Gasteiger partial charge in [-0.2, -0.15) is 0 Å². The zero-order chi connectivity index (χ0) is 10.4. The molecule has 0 atom stereocenters. The van der Waals surface area contributed by atoms with Crippen LogP contribution in [0.1, 0.15) is 6.42 Å². The van der Waals surface area contributed by atoms with Gasteiger partial charge in [-0.05, 0) is 0 Å². The summed E-state index contributed by atoms with van der Waals surface area (Å²) < 4.78 is 8.88. The Labute approximate surface area is 115 Å². The zero-order valence-corrected chi connectivity index (χ0v) is 6.51. The van der Waals surface area contributed by atoms with Gasteiger partial charge in [0.2, 0.25) is 0 Å². The van der Waals surface area contributed by atoms with Crippen LogP contribution in [0.15, 0.2) is 0 Å². The van der Waals surface area contributed by atoms with Crippen LogP contribution in [0.3, 0.4) is 0 Å². The van der Waals surface area contributed by atoms with E-state index in [1.807, 2.05) is 0 Å². The first-order chi connectivity index (χ1) is 5.13. The van der Waals surface area contributed by atoms with E-state index in [-0.39, 0.29) is 51.4 Å². The molecule has 10 heteroatoms. The molecule has 13 heavy (non-hydrogen) atoms. The number of carbonyl (C=O) groups is 2. The van der Waals surface area contributed by atoms with E-state index in [2.05, 4.69) is 0 Å². The van der Waals surface area contributed by atoms with Gasteiger partial charge in [0.1, 0.15) is 6.42 Å². The molecule has 5 N–H and O–H groups in total. The predicted octanol–water partition coefficient (Wildman–Crippen LogP) is -2.03. The maximum absolute atomic E-state index is 9.43. The molecule has 0 rings (SSSR count). The monoisotopic (exact) mass is 242 g/mol. The Morgan fingerprint density at radius 1 is 1.00 bits per heavy atom. The average molecular weight is 242 g/mol. The number of hydrogen-bond acceptors (Lipinski definition) is 3. The van der Waals surface area contributed by atoms with Gasteiger partial charge in [0.25, 0.3) is 0 Å². The molecule has 0 aliphatic rings. The Balaban J connectivity index is -0.000000150. The second-order valence-corrected chi connectivity index (χ2v) is 2.50. The van der Waals surface area contributed by atoms with Crippen LogP contribution in [0, 0.1) is 0 Å². The topological polar surface area (TPSA) is 152 Å². The fourth-order valence-electron chi connectivity index (χ4n) is 0.129. The van der Waals surface area contributed by atoms with Crippen LogP contribution in [0.4, 0.5) is 0 Å². The number of carboxylic acids is 2. The quantitative estimate of drug-likeness (QED) is 0.211. The fourth-order valence-corrected chi connectivity index (χ4v) is 0.129. The van der Waals surface area contributed by atoms with Crippen molar-refractivity contribution in [3.8, 4) is 0 Å². The van der Waals surface area contributed by atoms with E-state index in [4.69, 9.17) is 29.5 Å². The molecule has 8 nitrogen and oxygen atoms in total. The third-order valence-corrected chi connectivity index (χ3v) is 0.302. The minimum absolute atomic E-state index is 0. The van der Waals surface area contributed by atoms with Crippen LogP contribution in [0.25, 0.3) is 0 Å². The van der Waals surface area contributed by atoms with Crippen molar-refractivity contribution in [3.05, 3.63) is 0 Å². The molecule has 0 radical (unpaired) electrons. The summed E-state index contributed by atoms with van der Waals surface area (Å²) in [4.78, 5) is 40.4. The van der Waals surface area contributed by atoms with Crippen molar-refractivity contribution < 1.29 is 39.0 Å². The second-order valence-electron chi connectivity index (χ2n) is 1.48. The van der Waals surface area contributed by atoms with E-state index < -0.39 is 26.2 Å². The first kappa shape index (κ1) is 19.3. The van der Waals surface area contributed by atoms with Gasteiger partial charge < -0.3 is 24.9 Å². The summed E-state index contributed by atoms with van der Waals surface area (Å²) in [6, 6.07) is 0. The van der Waals surface area contributed by atoms with E-state index in [0.29, 0.717) is 0 Å². The third-order valence-electron chi connectivity index (χ3n) is 0.302. The molecule has 0 aliphatic heterocycles. The molecule has 0 fully saturated rings. The van der Waals surface area contributed by atoms with E-state index in [1.54, 1.807) is 0 Å². The molecule has 0 spiro atoms. The molecule has 0 aromatic heterocycles. The van der Waals surface area contributed by atoms with Gasteiger partial charge in [0.05, 0.1) is 0 Å². The number of rotatable bonds is 2. The summed E-state index contributed by atoms with van der Waals surface area (Å²) in [6.07, 6.45) is -0.806. The summed E-state index contributed by atoms with van der Waals surface area (Å²) in [5.74, 6) is -2.62. The zero-order valence-electron chi connectivity index (χ0n) is 5.62. The van der Waals surface area contributed by atoms with Crippen LogP contribution >= 0.6 is 7.82 Å². The molecule has 0 amide bonds. The van der Waals surface area contributed by atoms with Gasteiger partial charge in [0.15, 0.2) is 0 Å². The molecule has 0 unspecified atom stereocenters. The van der Waals surface area contributed by atoms with Gasteiger partial charge in [0, 0.05) is 0 Å². The number of phosphoric acid groups is 1. The van der Waals surface area contributed by atoms with Crippen LogP contribution in [0.5, 0.6) is 0 Å². The molecule has 74 valence electrons. The molecule has 0 aliphatic carbocycles. The van der Waals surface area contributed by atoms with Gasteiger partial charge in [-0.25, -0.2) is 4.57 Å². The van der Waals surface area contributed by atoms with E-state index in [9.17, 15) is 9.59 Å². The van der Waals surface area contributed by atoms with Gasteiger partial charge in [-0.15, -0.1) is 0 Å².